The minimum absolute atomic E-state index is 0.0177. The van der Waals surface area contributed by atoms with Crippen LogP contribution in [-0.4, -0.2) is 49.6 Å². The third kappa shape index (κ3) is 2.44. The second-order valence-electron chi connectivity index (χ2n) is 4.92. The monoisotopic (exact) mass is 325 g/mol. The van der Waals surface area contributed by atoms with Crippen LogP contribution in [0.25, 0.3) is 0 Å². The Bertz CT molecular complexity index is 727. The van der Waals surface area contributed by atoms with Gasteiger partial charge in [0.25, 0.3) is 0 Å². The molecule has 22 heavy (non-hydrogen) atoms. The topological polar surface area (TPSA) is 93.1 Å². The highest BCUT2D eigenvalue weighted by atomic mass is 32.2. The van der Waals surface area contributed by atoms with Gasteiger partial charge in [0, 0.05) is 6.54 Å². The normalized spacial score (nSPS) is 21.5. The molecule has 1 aromatic carbocycles. The van der Waals surface area contributed by atoms with Crippen molar-refractivity contribution in [2.75, 3.05) is 19.8 Å². The lowest BCUT2D eigenvalue weighted by Crippen LogP contribution is -2.46. The highest BCUT2D eigenvalue weighted by molar-refractivity contribution is 7.89. The molecule has 2 aliphatic rings. The first-order valence-corrected chi connectivity index (χ1v) is 8.24. The number of ether oxygens (including phenoxy) is 2. The van der Waals surface area contributed by atoms with Crippen LogP contribution in [0.5, 0.6) is 11.5 Å². The van der Waals surface area contributed by atoms with Crippen LogP contribution in [0.2, 0.25) is 0 Å². The van der Waals surface area contributed by atoms with E-state index in [1.54, 1.807) is 24.3 Å². The van der Waals surface area contributed by atoms with E-state index < -0.39 is 22.0 Å². The first-order chi connectivity index (χ1) is 10.5. The third-order valence-electron chi connectivity index (χ3n) is 3.56. The molecule has 1 atom stereocenters. The first-order valence-electron chi connectivity index (χ1n) is 6.80. The maximum absolute atomic E-state index is 12.9. The molecule has 1 unspecified atom stereocenters. The van der Waals surface area contributed by atoms with Crippen LogP contribution in [0.4, 0.5) is 0 Å². The Balaban J connectivity index is 2.06. The summed E-state index contributed by atoms with van der Waals surface area (Å²) >= 11 is 0. The van der Waals surface area contributed by atoms with Crippen molar-refractivity contribution >= 4 is 16.0 Å². The predicted molar refractivity (Wildman–Crippen MR) is 76.5 cm³/mol. The Labute approximate surface area is 127 Å². The number of sulfonamides is 1. The fourth-order valence-electron chi connectivity index (χ4n) is 2.51. The van der Waals surface area contributed by atoms with Crippen molar-refractivity contribution in [3.63, 3.8) is 0 Å². The van der Waals surface area contributed by atoms with Crippen molar-refractivity contribution < 1.29 is 27.8 Å². The number of hydrogen-bond donors (Lipinski definition) is 1. The van der Waals surface area contributed by atoms with E-state index >= 15 is 0 Å². The molecular weight excluding hydrogens is 310 g/mol. The summed E-state index contributed by atoms with van der Waals surface area (Å²) in [5, 5.41) is 9.26. The van der Waals surface area contributed by atoms with E-state index in [1.807, 2.05) is 0 Å². The smallest absolute Gasteiger partial charge is 0.322 e. The van der Waals surface area contributed by atoms with Gasteiger partial charge in [-0.2, -0.15) is 4.31 Å². The lowest BCUT2D eigenvalue weighted by atomic mass is 10.1. The Morgan fingerprint density at radius 2 is 2.00 bits per heavy atom. The molecular formula is C14H15NO6S. The summed E-state index contributed by atoms with van der Waals surface area (Å²) in [4.78, 5) is 11.3. The number of nitrogens with zero attached hydrogens (tertiary/aromatic N) is 1. The number of carboxylic acid groups (broad SMARTS) is 1. The van der Waals surface area contributed by atoms with Crippen LogP contribution in [0.3, 0.4) is 0 Å². The number of carbonyl (C=O) groups is 1. The number of rotatable bonds is 3. The zero-order valence-electron chi connectivity index (χ0n) is 11.6. The van der Waals surface area contributed by atoms with Gasteiger partial charge in [-0.15, -0.1) is 0 Å². The lowest BCUT2D eigenvalue weighted by molar-refractivity contribution is -0.141. The largest absolute Gasteiger partial charge is 0.486 e. The van der Waals surface area contributed by atoms with Crippen LogP contribution in [-0.2, 0) is 14.8 Å². The van der Waals surface area contributed by atoms with Crippen LogP contribution in [0, 0.1) is 0 Å². The number of hydrogen-bond acceptors (Lipinski definition) is 5. The number of fused-ring (bicyclic) bond motifs is 1. The van der Waals surface area contributed by atoms with E-state index in [9.17, 15) is 18.3 Å². The Hall–Kier alpha value is -2.06. The minimum atomic E-state index is -4.00. The Morgan fingerprint density at radius 1 is 1.23 bits per heavy atom. The zero-order valence-corrected chi connectivity index (χ0v) is 12.5. The molecule has 2 heterocycles. The van der Waals surface area contributed by atoms with E-state index in [-0.39, 0.29) is 30.2 Å². The second kappa shape index (κ2) is 5.62. The van der Waals surface area contributed by atoms with Gasteiger partial charge in [0.2, 0.25) is 10.0 Å². The maximum atomic E-state index is 12.9. The molecule has 0 spiro atoms. The van der Waals surface area contributed by atoms with Gasteiger partial charge in [-0.25, -0.2) is 8.42 Å². The summed E-state index contributed by atoms with van der Waals surface area (Å²) < 4.78 is 37.5. The van der Waals surface area contributed by atoms with Crippen molar-refractivity contribution in [1.82, 2.24) is 4.31 Å². The van der Waals surface area contributed by atoms with Gasteiger partial charge in [-0.3, -0.25) is 4.79 Å². The lowest BCUT2D eigenvalue weighted by Gasteiger charge is -2.30. The highest BCUT2D eigenvalue weighted by Gasteiger charge is 2.38. The van der Waals surface area contributed by atoms with Crippen molar-refractivity contribution in [2.45, 2.75) is 17.4 Å². The van der Waals surface area contributed by atoms with Crippen LogP contribution in [0.15, 0.2) is 35.2 Å². The average Bonchev–Trinajstić information content (AvgIpc) is 2.54. The molecule has 2 aliphatic heterocycles. The van der Waals surface area contributed by atoms with E-state index in [1.165, 1.54) is 6.07 Å². The summed E-state index contributed by atoms with van der Waals surface area (Å²) in [6.45, 7) is 0.617. The van der Waals surface area contributed by atoms with Gasteiger partial charge in [0.05, 0.1) is 0 Å². The standard InChI is InChI=1S/C14H15NO6S/c16-14(17)10-4-1-2-7-15(10)22(18,19)12-6-3-5-11-13(12)21-9-8-20-11/h1-3,5-6,10H,4,7-9H2,(H,16,17). The molecule has 0 saturated heterocycles. The molecule has 0 saturated carbocycles. The van der Waals surface area contributed by atoms with Crippen LogP contribution < -0.4 is 9.47 Å². The molecule has 3 rings (SSSR count). The summed E-state index contributed by atoms with van der Waals surface area (Å²) in [5.74, 6) is -0.672. The quantitative estimate of drug-likeness (QED) is 0.829. The Kier molecular flexibility index (Phi) is 3.79. The molecule has 7 nitrogen and oxygen atoms in total. The molecule has 0 aliphatic carbocycles. The highest BCUT2D eigenvalue weighted by Crippen LogP contribution is 2.38. The molecule has 0 amide bonds. The maximum Gasteiger partial charge on any atom is 0.322 e. The third-order valence-corrected chi connectivity index (χ3v) is 5.46. The molecule has 118 valence electrons. The van der Waals surface area contributed by atoms with Crippen LogP contribution >= 0.6 is 0 Å². The first kappa shape index (κ1) is 14.9. The molecule has 1 N–H and O–H groups in total. The molecule has 1 aromatic rings. The number of para-hydroxylation sites is 1. The van der Waals surface area contributed by atoms with Crippen molar-refractivity contribution in [3.05, 3.63) is 30.4 Å². The molecule has 0 radical (unpaired) electrons. The van der Waals surface area contributed by atoms with Crippen molar-refractivity contribution in [1.29, 1.82) is 0 Å². The van der Waals surface area contributed by atoms with Crippen molar-refractivity contribution in [3.8, 4) is 11.5 Å². The van der Waals surface area contributed by atoms with Gasteiger partial charge < -0.3 is 14.6 Å². The second-order valence-corrected chi connectivity index (χ2v) is 6.78. The van der Waals surface area contributed by atoms with Gasteiger partial charge >= 0.3 is 5.97 Å². The number of carboxylic acids is 1. The fraction of sp³-hybridized carbons (Fsp3) is 0.357. The van der Waals surface area contributed by atoms with Crippen molar-refractivity contribution in [2.24, 2.45) is 0 Å². The van der Waals surface area contributed by atoms with E-state index in [4.69, 9.17) is 9.47 Å². The summed E-state index contributed by atoms with van der Waals surface area (Å²) in [6.07, 6.45) is 3.45. The van der Waals surface area contributed by atoms with Gasteiger partial charge in [-0.05, 0) is 18.6 Å². The van der Waals surface area contributed by atoms with Gasteiger partial charge in [0.15, 0.2) is 11.5 Å². The van der Waals surface area contributed by atoms with Gasteiger partial charge in [-0.1, -0.05) is 18.2 Å². The fourth-order valence-corrected chi connectivity index (χ4v) is 4.20. The number of aliphatic carboxylic acids is 1. The van der Waals surface area contributed by atoms with Gasteiger partial charge in [0.1, 0.15) is 24.2 Å². The SMILES string of the molecule is O=C(O)C1CC=CCN1S(=O)(=O)c1cccc2c1OCCO2. The average molecular weight is 325 g/mol. The summed E-state index contributed by atoms with van der Waals surface area (Å²) in [5.41, 5.74) is 0. The predicted octanol–water partition coefficient (Wildman–Crippen LogP) is 0.862. The molecule has 0 fully saturated rings. The van der Waals surface area contributed by atoms with Crippen LogP contribution in [0.1, 0.15) is 6.42 Å². The van der Waals surface area contributed by atoms with E-state index in [2.05, 4.69) is 0 Å². The minimum Gasteiger partial charge on any atom is -0.486 e. The van der Waals surface area contributed by atoms with E-state index in [0.717, 1.165) is 4.31 Å². The molecule has 0 bridgehead atoms. The molecule has 8 heteroatoms. The number of benzene rings is 1. The zero-order chi connectivity index (χ0) is 15.7. The Morgan fingerprint density at radius 3 is 2.77 bits per heavy atom. The summed E-state index contributed by atoms with van der Waals surface area (Å²) in [6, 6.07) is 3.46. The molecule has 0 aromatic heterocycles. The summed E-state index contributed by atoms with van der Waals surface area (Å²) in [7, 11) is -4.00. The van der Waals surface area contributed by atoms with E-state index in [0.29, 0.717) is 12.4 Å².